The molecule has 2 heterocycles. The fourth-order valence-corrected chi connectivity index (χ4v) is 4.64. The Bertz CT molecular complexity index is 919. The van der Waals surface area contributed by atoms with Gasteiger partial charge in [-0.2, -0.15) is 0 Å². The number of hydrogen-bond donors (Lipinski definition) is 2. The van der Waals surface area contributed by atoms with Crippen LogP contribution in [0, 0.1) is 12.8 Å². The fourth-order valence-electron chi connectivity index (χ4n) is 4.64. The van der Waals surface area contributed by atoms with Crippen molar-refractivity contribution in [2.24, 2.45) is 5.92 Å². The van der Waals surface area contributed by atoms with E-state index in [1.807, 2.05) is 6.20 Å². The first-order chi connectivity index (χ1) is 15.1. The number of rotatable bonds is 7. The summed E-state index contributed by atoms with van der Waals surface area (Å²) < 4.78 is 0. The van der Waals surface area contributed by atoms with Gasteiger partial charge in [0.2, 0.25) is 5.95 Å². The maximum Gasteiger partial charge on any atom is 0.227 e. The van der Waals surface area contributed by atoms with Crippen LogP contribution in [0.25, 0.3) is 5.57 Å². The summed E-state index contributed by atoms with van der Waals surface area (Å²) in [5, 5.41) is 6.75. The second-order valence-electron chi connectivity index (χ2n) is 8.89. The number of aryl methyl sites for hydroxylation is 1. The highest BCUT2D eigenvalue weighted by atomic mass is 15.2. The molecule has 0 atom stereocenters. The van der Waals surface area contributed by atoms with E-state index in [-0.39, 0.29) is 0 Å². The van der Waals surface area contributed by atoms with Crippen molar-refractivity contribution in [3.8, 4) is 0 Å². The lowest BCUT2D eigenvalue weighted by Crippen LogP contribution is -2.43. The van der Waals surface area contributed by atoms with Gasteiger partial charge in [0.15, 0.2) is 0 Å². The number of anilines is 3. The smallest absolute Gasteiger partial charge is 0.227 e. The van der Waals surface area contributed by atoms with Crippen LogP contribution < -0.4 is 15.5 Å². The molecule has 4 rings (SSSR count). The van der Waals surface area contributed by atoms with Gasteiger partial charge in [-0.1, -0.05) is 43.9 Å². The lowest BCUT2D eigenvalue weighted by Gasteiger charge is -2.29. The second kappa shape index (κ2) is 10.1. The van der Waals surface area contributed by atoms with Gasteiger partial charge in [0.1, 0.15) is 0 Å². The van der Waals surface area contributed by atoms with Crippen LogP contribution in [0.5, 0.6) is 0 Å². The summed E-state index contributed by atoms with van der Waals surface area (Å²) in [4.78, 5) is 11.8. The second-order valence-corrected chi connectivity index (χ2v) is 8.89. The summed E-state index contributed by atoms with van der Waals surface area (Å²) in [5.74, 6) is 1.45. The van der Waals surface area contributed by atoms with E-state index >= 15 is 0 Å². The van der Waals surface area contributed by atoms with E-state index in [0.29, 0.717) is 5.95 Å². The molecule has 164 valence electrons. The first-order valence-electron chi connectivity index (χ1n) is 11.6. The van der Waals surface area contributed by atoms with Gasteiger partial charge in [0.25, 0.3) is 0 Å². The van der Waals surface area contributed by atoms with Gasteiger partial charge in [0.05, 0.1) is 5.69 Å². The average Bonchev–Trinajstić information content (AvgIpc) is 3.30. The van der Waals surface area contributed by atoms with Gasteiger partial charge < -0.3 is 15.5 Å². The zero-order valence-corrected chi connectivity index (χ0v) is 19.0. The summed E-state index contributed by atoms with van der Waals surface area (Å²) in [6.45, 7) is 12.5. The fraction of sp³-hybridized carbons (Fsp3) is 0.462. The topological polar surface area (TPSA) is 53.1 Å². The molecule has 1 aliphatic heterocycles. The van der Waals surface area contributed by atoms with Crippen LogP contribution in [0.2, 0.25) is 0 Å². The molecule has 1 aromatic heterocycles. The highest BCUT2D eigenvalue weighted by molar-refractivity contribution is 5.78. The van der Waals surface area contributed by atoms with Gasteiger partial charge in [-0.15, -0.1) is 0 Å². The zero-order valence-electron chi connectivity index (χ0n) is 19.0. The summed E-state index contributed by atoms with van der Waals surface area (Å²) >= 11 is 0. The summed E-state index contributed by atoms with van der Waals surface area (Å²) in [5.41, 5.74) is 6.60. The van der Waals surface area contributed by atoms with Crippen molar-refractivity contribution in [3.05, 3.63) is 59.9 Å². The number of benzene rings is 1. The molecule has 2 aromatic rings. The molecule has 0 spiro atoms. The van der Waals surface area contributed by atoms with E-state index in [1.54, 1.807) is 0 Å². The average molecular weight is 418 g/mol. The molecule has 2 N–H and O–H groups in total. The maximum atomic E-state index is 4.74. The summed E-state index contributed by atoms with van der Waals surface area (Å²) in [6, 6.07) is 8.54. The van der Waals surface area contributed by atoms with E-state index in [9.17, 15) is 0 Å². The van der Waals surface area contributed by atoms with E-state index in [2.05, 4.69) is 71.3 Å². The quantitative estimate of drug-likeness (QED) is 0.585. The van der Waals surface area contributed by atoms with Gasteiger partial charge in [0, 0.05) is 49.3 Å². The van der Waals surface area contributed by atoms with Gasteiger partial charge in [-0.25, -0.2) is 9.97 Å². The molecule has 0 bridgehead atoms. The van der Waals surface area contributed by atoms with Crippen LogP contribution in [0.4, 0.5) is 17.3 Å². The van der Waals surface area contributed by atoms with E-state index in [4.69, 9.17) is 4.98 Å². The van der Waals surface area contributed by atoms with Crippen LogP contribution in [-0.2, 0) is 0 Å². The Balaban J connectivity index is 1.45. The highest BCUT2D eigenvalue weighted by Crippen LogP contribution is 2.31. The van der Waals surface area contributed by atoms with Gasteiger partial charge >= 0.3 is 0 Å². The van der Waals surface area contributed by atoms with Crippen LogP contribution in [0.15, 0.2) is 48.7 Å². The minimum Gasteiger partial charge on any atom is -0.369 e. The van der Waals surface area contributed by atoms with E-state index in [1.165, 1.54) is 36.9 Å². The Morgan fingerprint density at radius 2 is 1.90 bits per heavy atom. The first kappa shape index (κ1) is 21.6. The number of nitrogens with one attached hydrogen (secondary N) is 2. The van der Waals surface area contributed by atoms with Crippen molar-refractivity contribution in [2.45, 2.75) is 46.0 Å². The number of aromatic nitrogens is 2. The molecule has 2 aliphatic rings. The maximum absolute atomic E-state index is 4.74. The molecule has 1 aromatic carbocycles. The number of allylic oxidation sites excluding steroid dienone is 3. The Hall–Kier alpha value is -2.66. The van der Waals surface area contributed by atoms with Crippen molar-refractivity contribution < 1.29 is 0 Å². The SMILES string of the molecule is C=C(C)/C(=C/CC1CCCC1)c1cnc(Nc2ccc(N3CCNCC3)cc2)nc1C. The number of hydrogen-bond acceptors (Lipinski definition) is 5. The van der Waals surface area contributed by atoms with Crippen LogP contribution >= 0.6 is 0 Å². The number of nitrogens with zero attached hydrogens (tertiary/aromatic N) is 3. The highest BCUT2D eigenvalue weighted by Gasteiger charge is 2.16. The normalized spacial score (nSPS) is 17.7. The molecule has 5 nitrogen and oxygen atoms in total. The molecule has 0 unspecified atom stereocenters. The molecule has 0 radical (unpaired) electrons. The third-order valence-electron chi connectivity index (χ3n) is 6.46. The molecule has 5 heteroatoms. The van der Waals surface area contributed by atoms with Crippen LogP contribution in [0.3, 0.4) is 0 Å². The molecular weight excluding hydrogens is 382 g/mol. The zero-order chi connectivity index (χ0) is 21.6. The first-order valence-corrected chi connectivity index (χ1v) is 11.6. The third-order valence-corrected chi connectivity index (χ3v) is 6.46. The monoisotopic (exact) mass is 417 g/mol. The van der Waals surface area contributed by atoms with E-state index in [0.717, 1.165) is 61.0 Å². The molecular formula is C26H35N5. The van der Waals surface area contributed by atoms with Crippen molar-refractivity contribution in [3.63, 3.8) is 0 Å². The van der Waals surface area contributed by atoms with Gasteiger partial charge in [-0.05, 0) is 56.0 Å². The molecule has 1 aliphatic carbocycles. The van der Waals surface area contributed by atoms with Crippen molar-refractivity contribution in [1.82, 2.24) is 15.3 Å². The molecule has 2 fully saturated rings. The molecule has 1 saturated carbocycles. The van der Waals surface area contributed by atoms with Crippen LogP contribution in [0.1, 0.15) is 50.3 Å². The Morgan fingerprint density at radius 3 is 2.55 bits per heavy atom. The predicted octanol–water partition coefficient (Wildman–Crippen LogP) is 5.48. The largest absolute Gasteiger partial charge is 0.369 e. The van der Waals surface area contributed by atoms with Crippen LogP contribution in [-0.4, -0.2) is 36.1 Å². The van der Waals surface area contributed by atoms with E-state index < -0.39 is 0 Å². The summed E-state index contributed by atoms with van der Waals surface area (Å²) in [6.07, 6.45) is 10.9. The lowest BCUT2D eigenvalue weighted by molar-refractivity contribution is 0.558. The summed E-state index contributed by atoms with van der Waals surface area (Å²) in [7, 11) is 0. The minimum atomic E-state index is 0.632. The molecule has 0 amide bonds. The Morgan fingerprint density at radius 1 is 1.19 bits per heavy atom. The standard InChI is InChI=1S/C26H35N5/c1-19(2)24(13-8-21-6-4-5-7-21)25-18-28-26(29-20(25)3)30-22-9-11-23(12-10-22)31-16-14-27-15-17-31/h9-13,18,21,27H,1,4-8,14-17H2,2-3H3,(H,28,29,30)/b24-13-. The predicted molar refractivity (Wildman–Crippen MR) is 131 cm³/mol. The Kier molecular flexibility index (Phi) is 7.03. The molecule has 1 saturated heterocycles. The van der Waals surface area contributed by atoms with Gasteiger partial charge in [-0.3, -0.25) is 0 Å². The van der Waals surface area contributed by atoms with Crippen molar-refractivity contribution >= 4 is 22.9 Å². The van der Waals surface area contributed by atoms with Crippen molar-refractivity contribution in [2.75, 3.05) is 36.4 Å². The number of piperazine rings is 1. The molecule has 31 heavy (non-hydrogen) atoms. The minimum absolute atomic E-state index is 0.632. The lowest BCUT2D eigenvalue weighted by atomic mass is 9.95. The third kappa shape index (κ3) is 5.53. The van der Waals surface area contributed by atoms with Crippen molar-refractivity contribution in [1.29, 1.82) is 0 Å². The Labute approximate surface area is 186 Å².